The molecule has 8 nitrogen and oxygen atoms in total. The zero-order valence-electron chi connectivity index (χ0n) is 19.1. The number of aromatic nitrogens is 4. The Kier molecular flexibility index (Phi) is 5.79. The van der Waals surface area contributed by atoms with Crippen LogP contribution in [0, 0.1) is 19.7 Å². The second-order valence-electron chi connectivity index (χ2n) is 8.59. The van der Waals surface area contributed by atoms with Gasteiger partial charge in [0.05, 0.1) is 24.5 Å². The number of carbonyl (C=O) groups is 1. The zero-order chi connectivity index (χ0) is 23.8. The van der Waals surface area contributed by atoms with Crippen LogP contribution in [0.15, 0.2) is 53.5 Å². The van der Waals surface area contributed by atoms with Crippen molar-refractivity contribution >= 4 is 11.6 Å². The maximum Gasteiger partial charge on any atom is 0.274 e. The largest absolute Gasteiger partial charge is 0.368 e. The molecule has 1 atom stereocenters. The van der Waals surface area contributed by atoms with E-state index in [1.54, 1.807) is 11.8 Å². The third-order valence-electron chi connectivity index (χ3n) is 6.33. The van der Waals surface area contributed by atoms with Crippen LogP contribution in [0.1, 0.15) is 35.2 Å². The topological polar surface area (TPSA) is 84.6 Å². The van der Waals surface area contributed by atoms with Gasteiger partial charge < -0.3 is 14.0 Å². The fraction of sp³-hybridized carbons (Fsp3) is 0.320. The summed E-state index contributed by atoms with van der Waals surface area (Å²) in [4.78, 5) is 32.3. The maximum atomic E-state index is 13.2. The van der Waals surface area contributed by atoms with E-state index in [1.807, 2.05) is 35.7 Å². The van der Waals surface area contributed by atoms with Gasteiger partial charge in [0.25, 0.3) is 5.56 Å². The van der Waals surface area contributed by atoms with Crippen LogP contribution in [-0.4, -0.2) is 49.7 Å². The summed E-state index contributed by atoms with van der Waals surface area (Å²) >= 11 is 0. The Morgan fingerprint density at radius 3 is 2.76 bits per heavy atom. The molecule has 1 aliphatic heterocycles. The Morgan fingerprint density at radius 2 is 2.00 bits per heavy atom. The molecule has 9 heteroatoms. The quantitative estimate of drug-likeness (QED) is 0.493. The molecule has 176 valence electrons. The number of fused-ring (bicyclic) bond motifs is 1. The summed E-state index contributed by atoms with van der Waals surface area (Å²) in [5.41, 5.74) is 4.30. The van der Waals surface area contributed by atoms with Crippen LogP contribution in [0.25, 0.3) is 11.3 Å². The second kappa shape index (κ2) is 8.90. The minimum absolute atomic E-state index is 0.0263. The van der Waals surface area contributed by atoms with Crippen LogP contribution >= 0.6 is 0 Å². The lowest BCUT2D eigenvalue weighted by molar-refractivity contribution is -0.139. The molecule has 0 saturated carbocycles. The van der Waals surface area contributed by atoms with Crippen molar-refractivity contribution in [3.05, 3.63) is 87.5 Å². The summed E-state index contributed by atoms with van der Waals surface area (Å²) in [5.74, 6) is -0.393. The fourth-order valence-corrected chi connectivity index (χ4v) is 4.41. The van der Waals surface area contributed by atoms with Gasteiger partial charge in [-0.25, -0.2) is 14.1 Å². The van der Waals surface area contributed by atoms with Gasteiger partial charge in [-0.1, -0.05) is 6.07 Å². The molecule has 0 spiro atoms. The Morgan fingerprint density at radius 1 is 1.21 bits per heavy atom. The van der Waals surface area contributed by atoms with E-state index in [2.05, 4.69) is 10.1 Å². The summed E-state index contributed by atoms with van der Waals surface area (Å²) in [7, 11) is 0. The summed E-state index contributed by atoms with van der Waals surface area (Å²) < 4.78 is 22.5. The van der Waals surface area contributed by atoms with Crippen LogP contribution < -0.4 is 5.56 Å². The summed E-state index contributed by atoms with van der Waals surface area (Å²) in [5, 5.41) is 3.02. The predicted molar refractivity (Wildman–Crippen MR) is 125 cm³/mol. The molecule has 1 amide bonds. The number of nitrogens with zero attached hydrogens (tertiary/aromatic N) is 4. The first-order chi connectivity index (χ1) is 16.4. The van der Waals surface area contributed by atoms with Gasteiger partial charge in [0, 0.05) is 36.1 Å². The zero-order valence-corrected chi connectivity index (χ0v) is 19.1. The van der Waals surface area contributed by atoms with Crippen LogP contribution in [0.3, 0.4) is 0 Å². The Hall–Kier alpha value is -3.72. The second-order valence-corrected chi connectivity index (χ2v) is 8.59. The molecule has 1 N–H and O–H groups in total. The van der Waals surface area contributed by atoms with Crippen molar-refractivity contribution in [1.29, 1.82) is 0 Å². The number of halogens is 1. The number of pyridine rings is 1. The van der Waals surface area contributed by atoms with Crippen LogP contribution in [0.4, 0.5) is 4.39 Å². The smallest absolute Gasteiger partial charge is 0.274 e. The lowest BCUT2D eigenvalue weighted by Gasteiger charge is -2.32. The summed E-state index contributed by atoms with van der Waals surface area (Å²) in [6.45, 7) is 5.19. The predicted octanol–water partition coefficient (Wildman–Crippen LogP) is 3.10. The number of morpholine rings is 1. The number of rotatable bonds is 5. The van der Waals surface area contributed by atoms with Crippen molar-refractivity contribution in [2.45, 2.75) is 32.8 Å². The minimum Gasteiger partial charge on any atom is -0.368 e. The fourth-order valence-electron chi connectivity index (χ4n) is 4.41. The molecule has 0 bridgehead atoms. The number of ether oxygens (including phenoxy) is 1. The van der Waals surface area contributed by atoms with Crippen LogP contribution in [0.2, 0.25) is 0 Å². The van der Waals surface area contributed by atoms with Gasteiger partial charge in [0.15, 0.2) is 0 Å². The highest BCUT2D eigenvalue weighted by Gasteiger charge is 2.27. The number of hydrogen-bond donors (Lipinski definition) is 1. The first-order valence-corrected chi connectivity index (χ1v) is 11.3. The van der Waals surface area contributed by atoms with Crippen molar-refractivity contribution in [2.24, 2.45) is 0 Å². The number of hydrogen-bond acceptors (Lipinski definition) is 4. The number of aromatic amines is 1. The molecule has 1 aliphatic rings. The van der Waals surface area contributed by atoms with E-state index in [4.69, 9.17) is 4.74 Å². The molecule has 1 aromatic carbocycles. The van der Waals surface area contributed by atoms with Gasteiger partial charge >= 0.3 is 0 Å². The molecule has 34 heavy (non-hydrogen) atoms. The molecule has 1 unspecified atom stereocenters. The number of imidazole rings is 1. The molecule has 1 saturated heterocycles. The van der Waals surface area contributed by atoms with Crippen molar-refractivity contribution in [3.8, 4) is 5.69 Å². The SMILES string of the molecule is Cc1[nH]n(-c2ccc(F)cc2)c(=O)c1CCC(=O)N1CCOC(c2cn3c(C)cccc3n2)C1. The van der Waals surface area contributed by atoms with Crippen molar-refractivity contribution in [3.63, 3.8) is 0 Å². The van der Waals surface area contributed by atoms with E-state index in [9.17, 15) is 14.0 Å². The third kappa shape index (κ3) is 4.14. The normalized spacial score (nSPS) is 16.3. The van der Waals surface area contributed by atoms with Gasteiger partial charge in [0.2, 0.25) is 5.91 Å². The van der Waals surface area contributed by atoms with Gasteiger partial charge in [0.1, 0.15) is 17.6 Å². The standard InChI is InChI=1S/C25H26FN5O3/c1-16-4-3-5-23-27-21(14-30(16)23)22-15-29(12-13-34-22)24(32)11-10-20-17(2)28-31(25(20)33)19-8-6-18(26)7-9-19/h3-9,14,22,28H,10-13,15H2,1-2H3. The lowest BCUT2D eigenvalue weighted by Crippen LogP contribution is -2.42. The lowest BCUT2D eigenvalue weighted by atomic mass is 10.1. The number of carbonyl (C=O) groups excluding carboxylic acids is 1. The Labute approximate surface area is 195 Å². The van der Waals surface area contributed by atoms with Crippen molar-refractivity contribution in [1.82, 2.24) is 24.1 Å². The van der Waals surface area contributed by atoms with E-state index < -0.39 is 0 Å². The molecule has 4 heterocycles. The highest BCUT2D eigenvalue weighted by atomic mass is 19.1. The minimum atomic E-state index is -0.367. The highest BCUT2D eigenvalue weighted by molar-refractivity contribution is 5.76. The highest BCUT2D eigenvalue weighted by Crippen LogP contribution is 2.23. The number of amides is 1. The van der Waals surface area contributed by atoms with Crippen molar-refractivity contribution in [2.75, 3.05) is 19.7 Å². The van der Waals surface area contributed by atoms with E-state index in [-0.39, 0.29) is 29.8 Å². The van der Waals surface area contributed by atoms with E-state index in [1.165, 1.54) is 28.9 Å². The number of nitrogens with one attached hydrogen (secondary N) is 1. The van der Waals surface area contributed by atoms with E-state index in [0.717, 1.165) is 17.0 Å². The Bertz CT molecular complexity index is 1400. The van der Waals surface area contributed by atoms with Crippen LogP contribution in [0.5, 0.6) is 0 Å². The third-order valence-corrected chi connectivity index (χ3v) is 6.33. The molecule has 5 rings (SSSR count). The molecule has 3 aromatic heterocycles. The van der Waals surface area contributed by atoms with Crippen molar-refractivity contribution < 1.29 is 13.9 Å². The summed E-state index contributed by atoms with van der Waals surface area (Å²) in [6.07, 6.45) is 2.21. The van der Waals surface area contributed by atoms with E-state index in [0.29, 0.717) is 43.1 Å². The molecule has 0 aliphatic carbocycles. The van der Waals surface area contributed by atoms with Gasteiger partial charge in [-0.2, -0.15) is 0 Å². The first kappa shape index (κ1) is 22.1. The van der Waals surface area contributed by atoms with E-state index >= 15 is 0 Å². The molecule has 1 fully saturated rings. The molecular formula is C25H26FN5O3. The van der Waals surface area contributed by atoms with Gasteiger partial charge in [-0.05, 0) is 56.7 Å². The average Bonchev–Trinajstić information content (AvgIpc) is 3.40. The monoisotopic (exact) mass is 463 g/mol. The molecule has 4 aromatic rings. The molecular weight excluding hydrogens is 437 g/mol. The average molecular weight is 464 g/mol. The van der Waals surface area contributed by atoms with Gasteiger partial charge in [-0.15, -0.1) is 0 Å². The van der Waals surface area contributed by atoms with Gasteiger partial charge in [-0.3, -0.25) is 14.7 Å². The summed E-state index contributed by atoms with van der Waals surface area (Å²) in [6, 6.07) is 11.6. The number of aryl methyl sites for hydroxylation is 2. The first-order valence-electron chi connectivity index (χ1n) is 11.3. The number of benzene rings is 1. The molecule has 0 radical (unpaired) electrons. The Balaban J connectivity index is 1.27. The van der Waals surface area contributed by atoms with Crippen LogP contribution in [-0.2, 0) is 16.0 Å². The number of H-pyrrole nitrogens is 1. The maximum absolute atomic E-state index is 13.2.